The molecule has 0 aliphatic rings. The van der Waals surface area contributed by atoms with Crippen LogP contribution < -0.4 is 5.32 Å². The standard InChI is InChI=1S/C25H24N4OS/c1-2-29-23(17-19-9-5-3-6-10-19)27-28-25(29)31-18-20-13-15-21(16-14-20)24(30)26-22-11-7-4-8-12-22/h3-16H,2,17-18H2,1H3,(H,26,30). The first-order chi connectivity index (χ1) is 15.2. The Kier molecular flexibility index (Phi) is 6.79. The summed E-state index contributed by atoms with van der Waals surface area (Å²) in [5.74, 6) is 1.63. The van der Waals surface area contributed by atoms with Gasteiger partial charge in [0.15, 0.2) is 5.16 Å². The maximum absolute atomic E-state index is 12.4. The minimum Gasteiger partial charge on any atom is -0.322 e. The van der Waals surface area contributed by atoms with Crippen molar-refractivity contribution in [2.75, 3.05) is 5.32 Å². The average Bonchev–Trinajstić information content (AvgIpc) is 3.20. The molecule has 0 fully saturated rings. The topological polar surface area (TPSA) is 59.8 Å². The zero-order chi connectivity index (χ0) is 21.5. The molecule has 0 aliphatic heterocycles. The molecular formula is C25H24N4OS. The zero-order valence-corrected chi connectivity index (χ0v) is 18.2. The summed E-state index contributed by atoms with van der Waals surface area (Å²) in [7, 11) is 0. The Bertz CT molecular complexity index is 1130. The van der Waals surface area contributed by atoms with E-state index in [1.165, 1.54) is 5.56 Å². The molecule has 0 aliphatic carbocycles. The van der Waals surface area contributed by atoms with E-state index in [9.17, 15) is 4.79 Å². The van der Waals surface area contributed by atoms with Crippen LogP contribution >= 0.6 is 11.8 Å². The van der Waals surface area contributed by atoms with Crippen LogP contribution in [0.25, 0.3) is 0 Å². The van der Waals surface area contributed by atoms with Crippen molar-refractivity contribution in [1.29, 1.82) is 0 Å². The first kappa shape index (κ1) is 20.9. The predicted octanol–water partition coefficient (Wildman–Crippen LogP) is 5.43. The van der Waals surface area contributed by atoms with Gasteiger partial charge in [-0.2, -0.15) is 0 Å². The minimum absolute atomic E-state index is 0.110. The summed E-state index contributed by atoms with van der Waals surface area (Å²) in [6, 6.07) is 27.5. The highest BCUT2D eigenvalue weighted by Gasteiger charge is 2.12. The molecule has 1 amide bonds. The lowest BCUT2D eigenvalue weighted by atomic mass is 10.1. The average molecular weight is 429 g/mol. The molecule has 156 valence electrons. The third kappa shape index (κ3) is 5.41. The quantitative estimate of drug-likeness (QED) is 0.380. The fraction of sp³-hybridized carbons (Fsp3) is 0.160. The number of benzene rings is 3. The smallest absolute Gasteiger partial charge is 0.255 e. The first-order valence-electron chi connectivity index (χ1n) is 10.3. The predicted molar refractivity (Wildman–Crippen MR) is 125 cm³/mol. The maximum atomic E-state index is 12.4. The van der Waals surface area contributed by atoms with Gasteiger partial charge in [-0.25, -0.2) is 0 Å². The third-order valence-electron chi connectivity index (χ3n) is 4.93. The Balaban J connectivity index is 1.37. The van der Waals surface area contributed by atoms with Crippen LogP contribution in [-0.2, 0) is 18.7 Å². The van der Waals surface area contributed by atoms with E-state index in [4.69, 9.17) is 0 Å². The van der Waals surface area contributed by atoms with Crippen LogP contribution in [0.4, 0.5) is 5.69 Å². The Morgan fingerprint density at radius 2 is 1.55 bits per heavy atom. The minimum atomic E-state index is -0.110. The lowest BCUT2D eigenvalue weighted by Crippen LogP contribution is -2.11. The molecule has 0 saturated heterocycles. The molecule has 3 aromatic carbocycles. The lowest BCUT2D eigenvalue weighted by Gasteiger charge is -2.08. The van der Waals surface area contributed by atoms with E-state index in [2.05, 4.69) is 39.1 Å². The summed E-state index contributed by atoms with van der Waals surface area (Å²) in [4.78, 5) is 12.4. The first-order valence-corrected chi connectivity index (χ1v) is 11.3. The second kappa shape index (κ2) is 10.1. The number of nitrogens with one attached hydrogen (secondary N) is 1. The number of thioether (sulfide) groups is 1. The van der Waals surface area contributed by atoms with E-state index in [1.807, 2.05) is 72.8 Å². The van der Waals surface area contributed by atoms with Crippen molar-refractivity contribution in [3.05, 3.63) is 107 Å². The highest BCUT2D eigenvalue weighted by molar-refractivity contribution is 7.98. The van der Waals surface area contributed by atoms with Crippen molar-refractivity contribution in [3.63, 3.8) is 0 Å². The number of nitrogens with zero attached hydrogens (tertiary/aromatic N) is 3. The van der Waals surface area contributed by atoms with E-state index >= 15 is 0 Å². The van der Waals surface area contributed by atoms with Gasteiger partial charge in [-0.15, -0.1) is 10.2 Å². The van der Waals surface area contributed by atoms with E-state index in [1.54, 1.807) is 11.8 Å². The number of hydrogen-bond acceptors (Lipinski definition) is 4. The van der Waals surface area contributed by atoms with E-state index in [0.717, 1.165) is 41.0 Å². The van der Waals surface area contributed by atoms with Crippen molar-refractivity contribution in [2.45, 2.75) is 30.8 Å². The van der Waals surface area contributed by atoms with Crippen molar-refractivity contribution < 1.29 is 4.79 Å². The summed E-state index contributed by atoms with van der Waals surface area (Å²) in [5.41, 5.74) is 3.79. The summed E-state index contributed by atoms with van der Waals surface area (Å²) < 4.78 is 2.17. The van der Waals surface area contributed by atoms with Gasteiger partial charge in [0.05, 0.1) is 0 Å². The van der Waals surface area contributed by atoms with E-state index in [0.29, 0.717) is 5.56 Å². The number of para-hydroxylation sites is 1. The van der Waals surface area contributed by atoms with Crippen LogP contribution in [0.2, 0.25) is 0 Å². The van der Waals surface area contributed by atoms with Crippen LogP contribution in [0.3, 0.4) is 0 Å². The van der Waals surface area contributed by atoms with Crippen LogP contribution in [0, 0.1) is 0 Å². The number of hydrogen-bond donors (Lipinski definition) is 1. The molecule has 0 radical (unpaired) electrons. The molecule has 0 unspecified atom stereocenters. The Labute approximate surface area is 186 Å². The fourth-order valence-electron chi connectivity index (χ4n) is 3.28. The number of carbonyl (C=O) groups is 1. The monoisotopic (exact) mass is 428 g/mol. The van der Waals surface area contributed by atoms with Gasteiger partial charge in [0.25, 0.3) is 5.91 Å². The number of anilines is 1. The Morgan fingerprint density at radius 1 is 0.871 bits per heavy atom. The van der Waals surface area contributed by atoms with Gasteiger partial charge in [-0.3, -0.25) is 4.79 Å². The van der Waals surface area contributed by atoms with Gasteiger partial charge in [-0.05, 0) is 42.3 Å². The number of amides is 1. The molecule has 1 heterocycles. The number of rotatable bonds is 8. The number of carbonyl (C=O) groups excluding carboxylic acids is 1. The second-order valence-corrected chi connectivity index (χ2v) is 8.05. The SMILES string of the molecule is CCn1c(Cc2ccccc2)nnc1SCc1ccc(C(=O)Nc2ccccc2)cc1. The molecular weight excluding hydrogens is 404 g/mol. The van der Waals surface area contributed by atoms with Gasteiger partial charge in [0.2, 0.25) is 0 Å². The molecule has 31 heavy (non-hydrogen) atoms. The molecule has 4 aromatic rings. The molecule has 0 bridgehead atoms. The van der Waals surface area contributed by atoms with Crippen molar-refractivity contribution in [2.24, 2.45) is 0 Å². The molecule has 0 spiro atoms. The zero-order valence-electron chi connectivity index (χ0n) is 17.4. The molecule has 6 heteroatoms. The van der Waals surface area contributed by atoms with Crippen LogP contribution in [0.5, 0.6) is 0 Å². The van der Waals surface area contributed by atoms with Crippen LogP contribution in [0.1, 0.15) is 34.2 Å². The van der Waals surface area contributed by atoms with Crippen molar-refractivity contribution >= 4 is 23.4 Å². The third-order valence-corrected chi connectivity index (χ3v) is 5.97. The molecule has 1 aromatic heterocycles. The summed E-state index contributed by atoms with van der Waals surface area (Å²) >= 11 is 1.66. The fourth-order valence-corrected chi connectivity index (χ4v) is 4.25. The summed E-state index contributed by atoms with van der Waals surface area (Å²) in [6.45, 7) is 2.94. The molecule has 5 nitrogen and oxygen atoms in total. The molecule has 1 N–H and O–H groups in total. The molecule has 4 rings (SSSR count). The van der Waals surface area contributed by atoms with Crippen LogP contribution in [-0.4, -0.2) is 20.7 Å². The highest BCUT2D eigenvalue weighted by Crippen LogP contribution is 2.23. The molecule has 0 saturated carbocycles. The molecule has 0 atom stereocenters. The highest BCUT2D eigenvalue weighted by atomic mass is 32.2. The maximum Gasteiger partial charge on any atom is 0.255 e. The normalized spacial score (nSPS) is 10.7. The van der Waals surface area contributed by atoms with Gasteiger partial charge >= 0.3 is 0 Å². The summed E-state index contributed by atoms with van der Waals surface area (Å²) in [5, 5.41) is 12.6. The summed E-state index contributed by atoms with van der Waals surface area (Å²) in [6.07, 6.45) is 0.771. The van der Waals surface area contributed by atoms with Gasteiger partial charge in [0, 0.05) is 30.0 Å². The lowest BCUT2D eigenvalue weighted by molar-refractivity contribution is 0.102. The van der Waals surface area contributed by atoms with E-state index < -0.39 is 0 Å². The van der Waals surface area contributed by atoms with Gasteiger partial charge < -0.3 is 9.88 Å². The van der Waals surface area contributed by atoms with Crippen LogP contribution in [0.15, 0.2) is 90.1 Å². The Morgan fingerprint density at radius 3 is 2.23 bits per heavy atom. The van der Waals surface area contributed by atoms with Gasteiger partial charge in [0.1, 0.15) is 5.82 Å². The number of aromatic nitrogens is 3. The van der Waals surface area contributed by atoms with Crippen molar-refractivity contribution in [1.82, 2.24) is 14.8 Å². The van der Waals surface area contributed by atoms with Gasteiger partial charge in [-0.1, -0.05) is 72.4 Å². The van der Waals surface area contributed by atoms with E-state index in [-0.39, 0.29) is 5.91 Å². The van der Waals surface area contributed by atoms with Crippen molar-refractivity contribution in [3.8, 4) is 0 Å². The second-order valence-electron chi connectivity index (χ2n) is 7.11. The largest absolute Gasteiger partial charge is 0.322 e. The Hall–Kier alpha value is -3.38.